The van der Waals surface area contributed by atoms with Gasteiger partial charge in [-0.1, -0.05) is 64.4 Å². The quantitative estimate of drug-likeness (QED) is 0.415. The second-order valence-corrected chi connectivity index (χ2v) is 2.82. The van der Waals surface area contributed by atoms with Gasteiger partial charge in [0.2, 0.25) is 0 Å². The number of aryl methyl sites for hydroxylation is 2. The van der Waals surface area contributed by atoms with Crippen molar-refractivity contribution in [3.8, 4) is 0 Å². The van der Waals surface area contributed by atoms with Gasteiger partial charge in [0.15, 0.2) is 0 Å². The molecule has 0 fully saturated rings. The molecule has 12 heteroatoms. The Balaban J connectivity index is -0.0000000703. The maximum Gasteiger partial charge on any atom is 0.114 e. The summed E-state index contributed by atoms with van der Waals surface area (Å²) in [7, 11) is 11.5. The Labute approximate surface area is 200 Å². The number of methoxy groups -OCH3 is 1. The van der Waals surface area contributed by atoms with Gasteiger partial charge in [-0.05, 0) is 0 Å². The molecule has 0 atom stereocenters. The van der Waals surface area contributed by atoms with Gasteiger partial charge < -0.3 is 38.2 Å². The average Bonchev–Trinajstić information content (AvgIpc) is 3.10. The molecule has 6 radical (unpaired) electrons. The van der Waals surface area contributed by atoms with Crippen LogP contribution in [0.25, 0.3) is 0 Å². The maximum absolute atomic E-state index is 8.83. The van der Waals surface area contributed by atoms with Crippen LogP contribution >= 0.6 is 0 Å². The minimum atomic E-state index is 0. The van der Waals surface area contributed by atoms with Gasteiger partial charge in [-0.3, -0.25) is 0 Å². The number of aromatic nitrogens is 2. The molecule has 0 aliphatic heterocycles. The van der Waals surface area contributed by atoms with Crippen molar-refractivity contribution in [1.29, 1.82) is 0 Å². The molecule has 0 saturated carbocycles. The molecule has 0 aliphatic rings. The van der Waals surface area contributed by atoms with E-state index in [0.717, 1.165) is 0 Å². The summed E-state index contributed by atoms with van der Waals surface area (Å²) in [6, 6.07) is 0. The first-order valence-corrected chi connectivity index (χ1v) is 6.03. The van der Waals surface area contributed by atoms with Gasteiger partial charge in [-0.2, -0.15) is 0 Å². The van der Waals surface area contributed by atoms with E-state index in [2.05, 4.69) is 36.1 Å². The number of rotatable bonds is 1. The molecule has 0 bridgehead atoms. The molecule has 0 amide bonds. The second-order valence-electron chi connectivity index (χ2n) is 2.82. The van der Waals surface area contributed by atoms with E-state index in [9.17, 15) is 0 Å². The molecule has 2 aromatic heterocycles. The van der Waals surface area contributed by atoms with Crippen LogP contribution in [0.3, 0.4) is 0 Å². The summed E-state index contributed by atoms with van der Waals surface area (Å²) < 4.78 is 12.9. The van der Waals surface area contributed by atoms with Crippen molar-refractivity contribution >= 4 is 39.8 Å². The van der Waals surface area contributed by atoms with E-state index in [1.165, 1.54) is 13.6 Å². The molecule has 0 unspecified atom stereocenters. The van der Waals surface area contributed by atoms with Crippen LogP contribution in [-0.4, -0.2) is 50.8 Å². The zero-order chi connectivity index (χ0) is 18.7. The summed E-state index contributed by atoms with van der Waals surface area (Å²) in [6.07, 6.45) is 4.72. The Bertz CT molecular complexity index is 441. The standard InChI is InChI=1S/2C4H3BNO.C2H3O2.C2H6.CHO2.2Y/c2*1-3-6-4(5)2-7-3;1-4-2-3;1-2;2-1-3;;/h2*1H3;1H3;1-2H3;(H,2,3);;/q3*-1;;-1;;. The maximum atomic E-state index is 8.83. The number of aliphatic hydroxyl groups excluding tert-OH is 1. The monoisotopic (exact) mass is 496 g/mol. The van der Waals surface area contributed by atoms with Crippen molar-refractivity contribution in [3.05, 3.63) is 24.3 Å². The Morgan fingerprint density at radius 3 is 1.28 bits per heavy atom. The van der Waals surface area contributed by atoms with E-state index >= 15 is 0 Å². The molecule has 2 rings (SSSR count). The van der Waals surface area contributed by atoms with Gasteiger partial charge in [0.05, 0.1) is 0 Å². The number of hydrogen-bond donors (Lipinski definition) is 1. The molecular formula is C13H16B2N2O6Y2-4. The molecular weight excluding hydrogens is 480 g/mol. The molecule has 0 aromatic carbocycles. The summed E-state index contributed by atoms with van der Waals surface area (Å²) in [5.74, 6) is 1.11. The van der Waals surface area contributed by atoms with Gasteiger partial charge in [-0.25, -0.2) is 0 Å². The number of nitrogens with zero attached hydrogens (tertiary/aromatic N) is 2. The first-order valence-electron chi connectivity index (χ1n) is 6.03. The first-order chi connectivity index (χ1) is 10.9. The Morgan fingerprint density at radius 1 is 1.00 bits per heavy atom. The van der Waals surface area contributed by atoms with Gasteiger partial charge in [-0.15, -0.1) is 0 Å². The number of hydrogen-bond acceptors (Lipinski definition) is 7. The van der Waals surface area contributed by atoms with E-state index in [1.54, 1.807) is 13.8 Å². The van der Waals surface area contributed by atoms with Crippen LogP contribution in [0.15, 0.2) is 8.83 Å². The van der Waals surface area contributed by atoms with Gasteiger partial charge in [0, 0.05) is 84.3 Å². The Morgan fingerprint density at radius 2 is 1.24 bits per heavy atom. The fraction of sp³-hybridized carbons (Fsp3) is 0.385. The summed E-state index contributed by atoms with van der Waals surface area (Å²) in [5, 5.41) is 6.76. The van der Waals surface area contributed by atoms with E-state index in [-0.39, 0.29) is 65.4 Å². The first kappa shape index (κ1) is 35.7. The van der Waals surface area contributed by atoms with E-state index in [4.69, 9.17) is 30.4 Å². The second kappa shape index (κ2) is 28.5. The van der Waals surface area contributed by atoms with Crippen molar-refractivity contribution in [2.45, 2.75) is 27.7 Å². The topological polar surface area (TPSA) is 116 Å². The predicted molar refractivity (Wildman–Crippen MR) is 83.3 cm³/mol. The third-order valence-corrected chi connectivity index (χ3v) is 1.25. The van der Waals surface area contributed by atoms with E-state index in [1.807, 2.05) is 13.8 Å². The molecule has 2 aromatic rings. The van der Waals surface area contributed by atoms with Crippen molar-refractivity contribution < 1.29 is 93.7 Å². The van der Waals surface area contributed by atoms with Crippen LogP contribution in [0.4, 0.5) is 0 Å². The number of carbonyl (C=O) groups excluding carboxylic acids is 1. The summed E-state index contributed by atoms with van der Waals surface area (Å²) >= 11 is 0. The smallest absolute Gasteiger partial charge is 0.114 e. The van der Waals surface area contributed by atoms with Crippen molar-refractivity contribution in [2.24, 2.45) is 0 Å². The number of oxazole rings is 2. The SMILES string of the molecule is CC.CO[C-]=O.O=[C-]O.[B]c1[c-]oc(C)n1.[B]c1[c-]oc(C)n1.[Y].[Y]. The van der Waals surface area contributed by atoms with Crippen molar-refractivity contribution in [3.63, 3.8) is 0 Å². The van der Waals surface area contributed by atoms with Crippen LogP contribution in [0.1, 0.15) is 25.6 Å². The molecule has 25 heavy (non-hydrogen) atoms. The molecule has 0 aliphatic carbocycles. The molecule has 1 N–H and O–H groups in total. The largest absolute Gasteiger partial charge is 0.665 e. The zero-order valence-electron chi connectivity index (χ0n) is 14.7. The fourth-order valence-corrected chi connectivity index (χ4v) is 0.683. The van der Waals surface area contributed by atoms with Gasteiger partial charge >= 0.3 is 0 Å². The third-order valence-electron chi connectivity index (χ3n) is 1.25. The molecule has 8 nitrogen and oxygen atoms in total. The van der Waals surface area contributed by atoms with Crippen LogP contribution in [0.5, 0.6) is 0 Å². The summed E-state index contributed by atoms with van der Waals surface area (Å²) in [6.45, 7) is 9.11. The molecule has 0 spiro atoms. The van der Waals surface area contributed by atoms with E-state index in [0.29, 0.717) is 29.4 Å². The Hall–Kier alpha value is -0.302. The summed E-state index contributed by atoms with van der Waals surface area (Å²) in [5.41, 5.74) is 0.634. The summed E-state index contributed by atoms with van der Waals surface area (Å²) in [4.78, 5) is 24.4. The Kier molecular flexibility index (Phi) is 40.7. The third kappa shape index (κ3) is 31.9. The molecule has 2 heterocycles. The van der Waals surface area contributed by atoms with E-state index < -0.39 is 0 Å². The number of ether oxygens (including phenoxy) is 1. The van der Waals surface area contributed by atoms with Crippen molar-refractivity contribution in [2.75, 3.05) is 7.11 Å². The van der Waals surface area contributed by atoms with Crippen molar-refractivity contribution in [1.82, 2.24) is 9.97 Å². The van der Waals surface area contributed by atoms with Crippen LogP contribution < -0.4 is 11.2 Å². The molecule has 130 valence electrons. The normalized spacial score (nSPS) is 6.76. The van der Waals surface area contributed by atoms with Crippen LogP contribution in [0, 0.1) is 26.4 Å². The van der Waals surface area contributed by atoms with Crippen LogP contribution in [-0.2, 0) is 79.7 Å². The minimum absolute atomic E-state index is 0. The minimum Gasteiger partial charge on any atom is -0.665 e. The van der Waals surface area contributed by atoms with Gasteiger partial charge in [0.1, 0.15) is 15.7 Å². The molecule has 0 saturated heterocycles. The fourth-order valence-electron chi connectivity index (χ4n) is 0.683. The van der Waals surface area contributed by atoms with Crippen LogP contribution in [0.2, 0.25) is 0 Å². The average molecular weight is 496 g/mol. The zero-order valence-corrected chi connectivity index (χ0v) is 20.4. The van der Waals surface area contributed by atoms with Gasteiger partial charge in [0.25, 0.3) is 0 Å². The predicted octanol–water partition coefficient (Wildman–Crippen LogP) is -0.513.